The van der Waals surface area contributed by atoms with E-state index in [9.17, 15) is 14.4 Å². The van der Waals surface area contributed by atoms with Gasteiger partial charge in [0, 0.05) is 19.5 Å². The van der Waals surface area contributed by atoms with Crippen LogP contribution >= 0.6 is 12.4 Å². The summed E-state index contributed by atoms with van der Waals surface area (Å²) in [5.41, 5.74) is -2.74. The average Bonchev–Trinajstić information content (AvgIpc) is 1.82. The Morgan fingerprint density at radius 3 is 1.33 bits per heavy atom. The molecule has 0 spiro atoms. The van der Waals surface area contributed by atoms with Crippen molar-refractivity contribution in [2.24, 2.45) is 0 Å². The van der Waals surface area contributed by atoms with Gasteiger partial charge in [-0.05, 0) is 0 Å². The van der Waals surface area contributed by atoms with E-state index in [-0.39, 0.29) is 31.9 Å². The van der Waals surface area contributed by atoms with Gasteiger partial charge in [0.05, 0.1) is 12.8 Å². The molecule has 0 amide bonds. The molecular weight excluding hydrogens is 285 g/mol. The second-order valence-corrected chi connectivity index (χ2v) is 2.48. The summed E-state index contributed by atoms with van der Waals surface area (Å²) in [4.78, 5) is 30.5. The molecule has 0 aliphatic rings. The van der Waals surface area contributed by atoms with Crippen LogP contribution in [0.4, 0.5) is 0 Å². The van der Waals surface area contributed by atoms with Crippen molar-refractivity contribution in [2.75, 3.05) is 0 Å². The summed E-state index contributed by atoms with van der Waals surface area (Å²) in [6, 6.07) is 0. The predicted octanol–water partition coefficient (Wildman–Crippen LogP) is -0.829. The van der Waals surface area contributed by atoms with E-state index < -0.39 is 36.4 Å². The normalized spacial score (nSPS) is 9.40. The van der Waals surface area contributed by atoms with Gasteiger partial charge in [0.1, 0.15) is 0 Å². The Bertz CT molecular complexity index is 238. The van der Waals surface area contributed by atoms with Crippen LogP contribution in [0.15, 0.2) is 0 Å². The molecule has 0 aromatic rings. The summed E-state index contributed by atoms with van der Waals surface area (Å²) in [5, 5.41) is 33.8. The first-order valence-corrected chi connectivity index (χ1v) is 3.17. The zero-order valence-electron chi connectivity index (χ0n) is 7.54. The van der Waals surface area contributed by atoms with E-state index in [4.69, 9.17) is 20.4 Å². The number of aliphatic carboxylic acids is 3. The molecule has 0 aliphatic carbocycles. The van der Waals surface area contributed by atoms with Crippen LogP contribution in [0, 0.1) is 0 Å². The van der Waals surface area contributed by atoms with Gasteiger partial charge in [-0.25, -0.2) is 4.79 Å². The number of halogens is 1. The third kappa shape index (κ3) is 7.24. The first kappa shape index (κ1) is 19.8. The molecule has 0 aliphatic heterocycles. The summed E-state index contributed by atoms with van der Waals surface area (Å²) >= 11 is 0. The number of aliphatic hydroxyl groups is 1. The fourth-order valence-corrected chi connectivity index (χ4v) is 0.714. The van der Waals surface area contributed by atoms with E-state index in [1.165, 1.54) is 0 Å². The molecule has 84 valence electrons. The maximum Gasteiger partial charge on any atom is 0.336 e. The fourth-order valence-electron chi connectivity index (χ4n) is 0.714. The molecule has 0 radical (unpaired) electrons. The largest absolute Gasteiger partial charge is 0.481 e. The zero-order chi connectivity index (χ0) is 10.6. The molecule has 4 N–H and O–H groups in total. The second kappa shape index (κ2) is 7.56. The Morgan fingerprint density at radius 1 is 0.933 bits per heavy atom. The number of carboxylic acid groups (broad SMARTS) is 3. The van der Waals surface area contributed by atoms with Crippen molar-refractivity contribution in [1.82, 2.24) is 0 Å². The maximum absolute atomic E-state index is 10.3. The monoisotopic (exact) mass is 292 g/mol. The van der Waals surface area contributed by atoms with Crippen LogP contribution in [0.25, 0.3) is 0 Å². The Morgan fingerprint density at radius 2 is 1.20 bits per heavy atom. The Hall–Kier alpha value is -0.717. The van der Waals surface area contributed by atoms with Crippen molar-refractivity contribution in [3.8, 4) is 0 Å². The summed E-state index contributed by atoms with van der Waals surface area (Å²) < 4.78 is 0. The van der Waals surface area contributed by atoms with Crippen molar-refractivity contribution in [2.45, 2.75) is 18.4 Å². The molecule has 0 aromatic carbocycles. The molecule has 0 rings (SSSR count). The third-order valence-electron chi connectivity index (χ3n) is 1.29. The van der Waals surface area contributed by atoms with Crippen molar-refractivity contribution in [3.63, 3.8) is 0 Å². The topological polar surface area (TPSA) is 132 Å². The van der Waals surface area contributed by atoms with Crippen molar-refractivity contribution >= 4 is 30.3 Å². The molecule has 0 bridgehead atoms. The molecule has 0 atom stereocenters. The van der Waals surface area contributed by atoms with Crippen LogP contribution in [-0.2, 0) is 33.9 Å². The Kier molecular flexibility index (Phi) is 9.98. The molecule has 0 unspecified atom stereocenters. The number of hydrogen-bond acceptors (Lipinski definition) is 4. The number of carboxylic acids is 3. The number of hydrogen-bond donors (Lipinski definition) is 4. The van der Waals surface area contributed by atoms with Gasteiger partial charge >= 0.3 is 17.9 Å². The van der Waals surface area contributed by atoms with Crippen molar-refractivity contribution in [3.05, 3.63) is 0 Å². The van der Waals surface area contributed by atoms with E-state index in [0.717, 1.165) is 0 Å². The van der Waals surface area contributed by atoms with Gasteiger partial charge in [0.2, 0.25) is 0 Å². The van der Waals surface area contributed by atoms with Gasteiger partial charge in [-0.2, -0.15) is 0 Å². The van der Waals surface area contributed by atoms with E-state index in [0.29, 0.717) is 0 Å². The van der Waals surface area contributed by atoms with E-state index in [1.807, 2.05) is 0 Å². The molecule has 0 saturated carbocycles. The van der Waals surface area contributed by atoms with Gasteiger partial charge in [0.15, 0.2) is 5.60 Å². The summed E-state index contributed by atoms with van der Waals surface area (Å²) in [6.45, 7) is 0. The molecule has 0 aromatic heterocycles. The molecule has 15 heavy (non-hydrogen) atoms. The fraction of sp³-hybridized carbons (Fsp3) is 0.500. The SMILES string of the molecule is Cl.O=C(O)CC(O)(CC(=O)O)C(=O)O.[Zn]. The minimum Gasteiger partial charge on any atom is -0.481 e. The quantitative estimate of drug-likeness (QED) is 0.486. The van der Waals surface area contributed by atoms with Crippen LogP contribution < -0.4 is 0 Å². The van der Waals surface area contributed by atoms with Crippen LogP contribution in [0.1, 0.15) is 12.8 Å². The first-order valence-electron chi connectivity index (χ1n) is 3.17. The minimum absolute atomic E-state index is 0. The van der Waals surface area contributed by atoms with Gasteiger partial charge in [-0.15, -0.1) is 12.4 Å². The van der Waals surface area contributed by atoms with Gasteiger partial charge in [-0.3, -0.25) is 9.59 Å². The number of rotatable bonds is 5. The molecular formula is C6H9ClO7Zn. The summed E-state index contributed by atoms with van der Waals surface area (Å²) in [6.07, 6.45) is -2.29. The van der Waals surface area contributed by atoms with Gasteiger partial charge in [-0.1, -0.05) is 0 Å². The van der Waals surface area contributed by atoms with Crippen LogP contribution in [0.5, 0.6) is 0 Å². The predicted molar refractivity (Wildman–Crippen MR) is 44.3 cm³/mol. The average molecular weight is 294 g/mol. The number of carbonyl (C=O) groups is 3. The second-order valence-electron chi connectivity index (χ2n) is 2.48. The van der Waals surface area contributed by atoms with Gasteiger partial charge in [0.25, 0.3) is 0 Å². The van der Waals surface area contributed by atoms with E-state index in [2.05, 4.69) is 0 Å². The van der Waals surface area contributed by atoms with Crippen LogP contribution in [0.3, 0.4) is 0 Å². The molecule has 0 saturated heterocycles. The third-order valence-corrected chi connectivity index (χ3v) is 1.29. The zero-order valence-corrected chi connectivity index (χ0v) is 11.3. The van der Waals surface area contributed by atoms with Gasteiger partial charge < -0.3 is 20.4 Å². The van der Waals surface area contributed by atoms with E-state index >= 15 is 0 Å². The van der Waals surface area contributed by atoms with Crippen molar-refractivity contribution < 1.29 is 54.3 Å². The smallest absolute Gasteiger partial charge is 0.336 e. The standard InChI is InChI=1S/C6H8O7.ClH.Zn/c7-3(8)1-6(13,5(11)12)2-4(9)10;;/h13H,1-2H2,(H,7,8)(H,9,10)(H,11,12);1H;. The maximum atomic E-state index is 10.3. The van der Waals surface area contributed by atoms with Crippen LogP contribution in [0.2, 0.25) is 0 Å². The summed E-state index contributed by atoms with van der Waals surface area (Å²) in [5.74, 6) is -5.02. The summed E-state index contributed by atoms with van der Waals surface area (Å²) in [7, 11) is 0. The Balaban J connectivity index is -0.000000720. The minimum atomic E-state index is -2.74. The molecule has 0 fully saturated rings. The van der Waals surface area contributed by atoms with E-state index in [1.54, 1.807) is 0 Å². The van der Waals surface area contributed by atoms with Crippen LogP contribution in [-0.4, -0.2) is 43.9 Å². The molecule has 7 nitrogen and oxygen atoms in total. The first-order chi connectivity index (χ1) is 5.78. The molecule has 0 heterocycles. The molecule has 9 heteroatoms. The Labute approximate surface area is 103 Å². The van der Waals surface area contributed by atoms with Crippen molar-refractivity contribution in [1.29, 1.82) is 0 Å².